The fourth-order valence-corrected chi connectivity index (χ4v) is 7.27. The number of fused-ring (bicyclic) bond motifs is 2. The van der Waals surface area contributed by atoms with Gasteiger partial charge >= 0.3 is 17.9 Å². The van der Waals surface area contributed by atoms with Gasteiger partial charge in [-0.3, -0.25) is 20.0 Å². The minimum atomic E-state index is -1.25. The molecule has 0 amide bonds. The summed E-state index contributed by atoms with van der Waals surface area (Å²) in [7, 11) is 0. The molecule has 2 aliphatic carbocycles. The lowest BCUT2D eigenvalue weighted by Gasteiger charge is -2.46. The number of ether oxygens (including phenoxy) is 4. The fourth-order valence-electron chi connectivity index (χ4n) is 7.27. The van der Waals surface area contributed by atoms with Crippen LogP contribution in [0.1, 0.15) is 107 Å². The van der Waals surface area contributed by atoms with Crippen LogP contribution in [-0.2, 0) is 28.6 Å². The Labute approximate surface area is 288 Å². The molecule has 3 heterocycles. The molecule has 0 aromatic carbocycles. The van der Waals surface area contributed by atoms with Gasteiger partial charge in [0.15, 0.2) is 0 Å². The molecule has 1 aliphatic heterocycles. The second-order valence-electron chi connectivity index (χ2n) is 14.2. The second-order valence-corrected chi connectivity index (χ2v) is 14.2. The van der Waals surface area contributed by atoms with Crippen molar-refractivity contribution in [2.75, 3.05) is 6.61 Å². The van der Waals surface area contributed by atoms with Crippen LogP contribution in [0.4, 0.5) is 0 Å². The highest BCUT2D eigenvalue weighted by Crippen LogP contribution is 2.57. The minimum absolute atomic E-state index is 0.0911. The summed E-state index contributed by atoms with van der Waals surface area (Å²) in [4.78, 5) is 54.1. The molecule has 1 N–H and O–H groups in total. The molecule has 0 spiro atoms. The highest BCUT2D eigenvalue weighted by molar-refractivity contribution is 5.89. The number of allylic oxidation sites excluding steroid dienone is 2. The average Bonchev–Trinajstić information content (AvgIpc) is 3.56. The Balaban J connectivity index is 1.66. The number of aromatic nitrogens is 2. The van der Waals surface area contributed by atoms with Gasteiger partial charge in [0, 0.05) is 43.5 Å². The van der Waals surface area contributed by atoms with Crippen molar-refractivity contribution in [2.45, 2.75) is 115 Å². The first-order valence-electron chi connectivity index (χ1n) is 17.2. The Morgan fingerprint density at radius 2 is 1.71 bits per heavy atom. The van der Waals surface area contributed by atoms with E-state index in [1.54, 1.807) is 50.5 Å². The van der Waals surface area contributed by atoms with Gasteiger partial charge in [0.2, 0.25) is 0 Å². The number of nitrogens with zero attached hydrogens (tertiary/aromatic N) is 2. The van der Waals surface area contributed by atoms with Crippen molar-refractivity contribution in [1.82, 2.24) is 9.97 Å². The predicted molar refractivity (Wildman–Crippen MR) is 179 cm³/mol. The zero-order valence-corrected chi connectivity index (χ0v) is 29.1. The lowest BCUT2D eigenvalue weighted by Crippen LogP contribution is -2.53. The molecule has 264 valence electrons. The number of carbonyl (C=O) groups excluding carboxylic acids is 3. The Morgan fingerprint density at radius 3 is 2.33 bits per heavy atom. The number of esters is 3. The highest BCUT2D eigenvalue weighted by Gasteiger charge is 2.62. The molecule has 1 fully saturated rings. The molecule has 0 bridgehead atoms. The van der Waals surface area contributed by atoms with Crippen molar-refractivity contribution in [3.8, 4) is 0 Å². The molecule has 0 radical (unpaired) electrons. The van der Waals surface area contributed by atoms with Crippen LogP contribution < -0.4 is 0 Å². The van der Waals surface area contributed by atoms with Crippen LogP contribution in [0.15, 0.2) is 72.4 Å². The number of hydrogen-bond acceptors (Lipinski definition) is 11. The number of rotatable bonds is 12. The van der Waals surface area contributed by atoms with Crippen molar-refractivity contribution in [2.24, 2.45) is 11.3 Å². The van der Waals surface area contributed by atoms with Crippen molar-refractivity contribution in [3.63, 3.8) is 0 Å². The summed E-state index contributed by atoms with van der Waals surface area (Å²) in [6.45, 7) is 9.32. The van der Waals surface area contributed by atoms with Gasteiger partial charge in [-0.15, -0.1) is 0 Å². The van der Waals surface area contributed by atoms with Gasteiger partial charge in [-0.1, -0.05) is 31.4 Å². The average molecular weight is 677 g/mol. The Bertz CT molecular complexity index is 1540. The Morgan fingerprint density at radius 1 is 1.04 bits per heavy atom. The van der Waals surface area contributed by atoms with E-state index in [1.165, 1.54) is 12.4 Å². The van der Waals surface area contributed by atoms with Crippen LogP contribution in [0.5, 0.6) is 0 Å². The lowest BCUT2D eigenvalue weighted by molar-refractivity contribution is -0.303. The summed E-state index contributed by atoms with van der Waals surface area (Å²) in [5.74, 6) is -2.32. The summed E-state index contributed by atoms with van der Waals surface area (Å²) in [5, 5.41) is 10.2. The number of epoxide rings is 1. The van der Waals surface area contributed by atoms with E-state index in [9.17, 15) is 19.6 Å². The molecule has 2 aromatic heterocycles. The number of pyridine rings is 2. The minimum Gasteiger partial charge on any atom is -0.465 e. The molecule has 6 unspecified atom stereocenters. The maximum Gasteiger partial charge on any atom is 0.340 e. The van der Waals surface area contributed by atoms with Crippen LogP contribution in [0.2, 0.25) is 0 Å². The topological polar surface area (TPSA) is 147 Å². The van der Waals surface area contributed by atoms with Crippen LogP contribution >= 0.6 is 0 Å². The second kappa shape index (κ2) is 15.3. The first-order chi connectivity index (χ1) is 23.4. The zero-order valence-electron chi connectivity index (χ0n) is 29.1. The van der Waals surface area contributed by atoms with Gasteiger partial charge in [-0.05, 0) is 89.3 Å². The van der Waals surface area contributed by atoms with E-state index in [-0.39, 0.29) is 42.6 Å². The molecule has 6 atom stereocenters. The third kappa shape index (κ3) is 8.28. The normalized spacial score (nSPS) is 28.1. The Hall–Kier alpha value is -3.93. The Kier molecular flexibility index (Phi) is 11.4. The third-order valence-corrected chi connectivity index (χ3v) is 10.2. The molecular weight excluding hydrogens is 628 g/mol. The maximum atomic E-state index is 13.8. The van der Waals surface area contributed by atoms with Crippen LogP contribution in [0.25, 0.3) is 0 Å². The van der Waals surface area contributed by atoms with Crippen molar-refractivity contribution >= 4 is 17.9 Å². The first-order valence-corrected chi connectivity index (χ1v) is 17.2. The molecule has 3 aliphatic rings. The quantitative estimate of drug-likeness (QED) is 0.0479. The summed E-state index contributed by atoms with van der Waals surface area (Å²) in [6, 6.07) is 6.56. The van der Waals surface area contributed by atoms with Crippen molar-refractivity contribution < 1.29 is 43.5 Å². The van der Waals surface area contributed by atoms with Crippen LogP contribution in [0, 0.1) is 11.3 Å². The molecule has 5 rings (SSSR count). The summed E-state index contributed by atoms with van der Waals surface area (Å²) in [6.07, 6.45) is 12.6. The molecule has 11 heteroatoms. The molecule has 0 saturated carbocycles. The van der Waals surface area contributed by atoms with E-state index >= 15 is 0 Å². The van der Waals surface area contributed by atoms with Gasteiger partial charge in [0.25, 0.3) is 0 Å². The van der Waals surface area contributed by atoms with E-state index in [0.717, 1.165) is 18.4 Å². The van der Waals surface area contributed by atoms with E-state index < -0.39 is 46.7 Å². The van der Waals surface area contributed by atoms with Gasteiger partial charge in [0.05, 0.1) is 28.2 Å². The van der Waals surface area contributed by atoms with E-state index in [1.807, 2.05) is 26.0 Å². The predicted octanol–water partition coefficient (Wildman–Crippen LogP) is 6.84. The van der Waals surface area contributed by atoms with E-state index in [0.29, 0.717) is 31.3 Å². The van der Waals surface area contributed by atoms with Crippen molar-refractivity contribution in [1.29, 1.82) is 0 Å². The zero-order chi connectivity index (χ0) is 35.2. The number of unbranched alkanes of at least 4 members (excludes halogenated alkanes) is 2. The smallest absolute Gasteiger partial charge is 0.340 e. The number of hydrogen-bond donors (Lipinski definition) is 1. The first kappa shape index (κ1) is 36.4. The highest BCUT2D eigenvalue weighted by atomic mass is 17.1. The molecule has 49 heavy (non-hydrogen) atoms. The largest absolute Gasteiger partial charge is 0.465 e. The van der Waals surface area contributed by atoms with E-state index in [2.05, 4.69) is 16.9 Å². The fraction of sp³-hybridized carbons (Fsp3) is 0.553. The summed E-state index contributed by atoms with van der Waals surface area (Å²) in [5.41, 5.74) is -0.931. The maximum absolute atomic E-state index is 13.8. The van der Waals surface area contributed by atoms with Crippen LogP contribution in [0.3, 0.4) is 0 Å². The third-order valence-electron chi connectivity index (χ3n) is 10.2. The summed E-state index contributed by atoms with van der Waals surface area (Å²) < 4.78 is 25.2. The van der Waals surface area contributed by atoms with Crippen molar-refractivity contribution in [3.05, 3.63) is 83.5 Å². The van der Waals surface area contributed by atoms with Gasteiger partial charge in [-0.2, -0.15) is 0 Å². The number of carbonyl (C=O) groups is 3. The monoisotopic (exact) mass is 676 g/mol. The van der Waals surface area contributed by atoms with Gasteiger partial charge < -0.3 is 18.9 Å². The molecular formula is C38H48N2O9. The molecule has 1 saturated heterocycles. The summed E-state index contributed by atoms with van der Waals surface area (Å²) >= 11 is 0. The van der Waals surface area contributed by atoms with Crippen LogP contribution in [-0.4, -0.2) is 69.3 Å². The standard InChI is InChI=1S/C38H48N2O9/c1-6-7-8-13-32(41)45-24-38-17-16-28(36(3,4)49-44)33(38)29(46-34(42)26-11-9-18-39-22-26)21-37(5)30(48-37)15-14-25(2)20-31(38)47-35(43)27-12-10-19-40-23-27/h9-12,16,18-20,22-23,29-31,33,44H,6-8,13-15,17,21,24H2,1-5H3. The van der Waals surface area contributed by atoms with Gasteiger partial charge in [0.1, 0.15) is 24.4 Å². The molecule has 2 aromatic rings. The SMILES string of the molecule is CCCCCC(=O)OCC12CC=C(C(C)(C)OO)C1C(OC(=O)c1cccnc1)CC1(C)OC1CCC(C)=CC2OC(=O)c1cccnc1. The van der Waals surface area contributed by atoms with Gasteiger partial charge in [-0.25, -0.2) is 14.5 Å². The molecule has 11 nitrogen and oxygen atoms in total. The van der Waals surface area contributed by atoms with E-state index in [4.69, 9.17) is 23.8 Å². The lowest BCUT2D eigenvalue weighted by atomic mass is 9.65.